The average Bonchev–Trinajstić information content (AvgIpc) is 1.56. The molecule has 24 rings (SSSR count). The van der Waals surface area contributed by atoms with Gasteiger partial charge in [0.1, 0.15) is 41.8 Å². The SMILES string of the molecule is Cc1cc2c3ccccc3n(-c3ccccc3)c2cc1N1c2c(oc3ccccc23)N(C)[C@@H]1C.Cc1cc2c3ccccc3n(-c3ccccc3)c2cc1N1c2ccccc2N(C)[C@@H]1C.Cc1cc2c3cnccc3n(-c3ccccn3)c2cc1N1c2ccccc2N(C)[C@@H]1C.Cc1nc2c3ccccc3n(-c3ccccc3)c2cc1N1C=CN(C)[C@@H]1C. The average molecular weight is 1610 g/mol. The summed E-state index contributed by atoms with van der Waals surface area (Å²) in [5.41, 5.74) is 30.8. The number of hydrogen-bond acceptors (Lipinski definition) is 12. The Hall–Kier alpha value is -15.0. The molecule has 0 radical (unpaired) electrons. The van der Waals surface area contributed by atoms with Gasteiger partial charge < -0.3 is 57.3 Å². The third-order valence-electron chi connectivity index (χ3n) is 26.1. The lowest BCUT2D eigenvalue weighted by molar-refractivity contribution is 0.383. The fourth-order valence-electron chi connectivity index (χ4n) is 19.5. The van der Waals surface area contributed by atoms with Gasteiger partial charge in [0.2, 0.25) is 5.88 Å². The molecule has 0 spiro atoms. The fourth-order valence-corrected chi connectivity index (χ4v) is 19.5. The van der Waals surface area contributed by atoms with Gasteiger partial charge in [-0.1, -0.05) is 152 Å². The lowest BCUT2D eigenvalue weighted by atomic mass is 10.1. The molecule has 4 aliphatic heterocycles. The van der Waals surface area contributed by atoms with Gasteiger partial charge >= 0.3 is 0 Å². The number of fused-ring (bicyclic) bond motifs is 17. The molecule has 604 valence electrons. The molecule has 0 amide bonds. The van der Waals surface area contributed by atoms with E-state index in [4.69, 9.17) is 9.40 Å². The molecule has 16 nitrogen and oxygen atoms in total. The van der Waals surface area contributed by atoms with Crippen LogP contribution in [0.3, 0.4) is 0 Å². The lowest BCUT2D eigenvalue weighted by Crippen LogP contribution is -2.36. The van der Waals surface area contributed by atoms with Gasteiger partial charge in [0.05, 0.1) is 83.8 Å². The van der Waals surface area contributed by atoms with Crippen LogP contribution >= 0.6 is 0 Å². The van der Waals surface area contributed by atoms with Crippen molar-refractivity contribution in [3.63, 3.8) is 0 Å². The largest absolute Gasteiger partial charge is 0.438 e. The third kappa shape index (κ3) is 12.2. The van der Waals surface area contributed by atoms with Crippen LogP contribution in [0, 0.1) is 27.7 Å². The van der Waals surface area contributed by atoms with Crippen molar-refractivity contribution in [1.29, 1.82) is 0 Å². The van der Waals surface area contributed by atoms with Crippen molar-refractivity contribution in [2.75, 3.05) is 62.5 Å². The maximum Gasteiger partial charge on any atom is 0.222 e. The number of aromatic nitrogens is 7. The summed E-state index contributed by atoms with van der Waals surface area (Å²) in [7, 11) is 8.55. The fraction of sp³-hybridized carbons (Fsp3) is 0.150. The van der Waals surface area contributed by atoms with E-state index in [0.29, 0.717) is 0 Å². The van der Waals surface area contributed by atoms with Gasteiger partial charge in [0.25, 0.3) is 0 Å². The number of para-hydroxylation sites is 11. The molecule has 123 heavy (non-hydrogen) atoms. The van der Waals surface area contributed by atoms with E-state index >= 15 is 0 Å². The Balaban J connectivity index is 0.000000101. The Morgan fingerprint density at radius 1 is 0.301 bits per heavy atom. The van der Waals surface area contributed by atoms with E-state index in [9.17, 15) is 0 Å². The molecule has 4 aliphatic rings. The molecule has 0 saturated carbocycles. The Kier molecular flexibility index (Phi) is 18.4. The summed E-state index contributed by atoms with van der Waals surface area (Å²) in [5.74, 6) is 1.84. The number of aryl methyl sites for hydroxylation is 4. The summed E-state index contributed by atoms with van der Waals surface area (Å²) in [6.07, 6.45) is 10.8. The maximum atomic E-state index is 6.29. The minimum atomic E-state index is 0.143. The van der Waals surface area contributed by atoms with E-state index < -0.39 is 0 Å². The smallest absolute Gasteiger partial charge is 0.222 e. The summed E-state index contributed by atoms with van der Waals surface area (Å²) >= 11 is 0. The zero-order valence-corrected chi connectivity index (χ0v) is 71.2. The molecule has 0 N–H and O–H groups in total. The van der Waals surface area contributed by atoms with Crippen LogP contribution in [0.2, 0.25) is 0 Å². The first-order valence-corrected chi connectivity index (χ1v) is 42.5. The molecule has 0 fully saturated rings. The minimum Gasteiger partial charge on any atom is -0.438 e. The zero-order valence-electron chi connectivity index (χ0n) is 71.2. The van der Waals surface area contributed by atoms with Gasteiger partial charge in [-0.15, -0.1) is 0 Å². The molecule has 16 heteroatoms. The molecule has 4 atom stereocenters. The molecule has 0 aliphatic carbocycles. The Bertz CT molecular complexity index is 7310. The first-order valence-electron chi connectivity index (χ1n) is 42.5. The van der Waals surface area contributed by atoms with E-state index in [2.05, 4.69) is 442 Å². The quantitative estimate of drug-likeness (QED) is 0.145. The number of benzene rings is 12. The summed E-state index contributed by atoms with van der Waals surface area (Å²) in [6, 6.07) is 108. The van der Waals surface area contributed by atoms with Crippen LogP contribution in [0.15, 0.2) is 339 Å². The highest BCUT2D eigenvalue weighted by atomic mass is 16.4. The Labute approximate surface area is 715 Å². The maximum absolute atomic E-state index is 6.29. The number of furan rings is 1. The van der Waals surface area contributed by atoms with Crippen LogP contribution in [0.1, 0.15) is 50.1 Å². The van der Waals surface area contributed by atoms with Crippen molar-refractivity contribution in [1.82, 2.24) is 38.1 Å². The number of nitrogens with zero attached hydrogens (tertiary/aromatic N) is 15. The molecule has 0 unspecified atom stereocenters. The molecular formula is C107H95N15O. The number of anilines is 10. The molecular weight excluding hydrogens is 1510 g/mol. The standard InChI is InChI=1S/C30H25N3O.C28H25N3.C26H23N5.C23H22N4/c1-19-17-24-22-13-7-9-15-25(22)33(21-11-5-4-6-12-21)27(24)18-26(19)32-20(2)31(3)30-29(32)23-14-8-10-16-28(23)34-30;1-19-17-23-22-13-7-8-14-24(22)31(21-11-5-4-6-12-21)28(23)18-27(19)30-20(2)29(3)25-15-9-10-16-26(25)30;1-17-14-19-20-16-27-13-11-21(20)31(26-10-6-7-12-28-26)25(19)15-24(17)30-18(2)29(3)22-8-4-5-9-23(22)30;1-16-21(26-14-13-25(3)17(26)2)15-22-23(24-16)19-11-7-8-12-20(19)27(22)18-9-5-4-6-10-18/h4-18,20H,1-3H3;4-18,20H,1-3H3;4-16,18H,1-3H3;4-15,17H,1-3H3/t2*20-;18-;17-/m0000/s1. The molecule has 0 bridgehead atoms. The summed E-state index contributed by atoms with van der Waals surface area (Å²) in [6.45, 7) is 17.7. The van der Waals surface area contributed by atoms with Crippen molar-refractivity contribution in [3.8, 4) is 22.9 Å². The normalized spacial score (nSPS) is 16.0. The highest BCUT2D eigenvalue weighted by molar-refractivity contribution is 6.15. The molecule has 12 heterocycles. The summed E-state index contributed by atoms with van der Waals surface area (Å²) < 4.78 is 15.6. The van der Waals surface area contributed by atoms with E-state index in [1.54, 1.807) is 0 Å². The van der Waals surface area contributed by atoms with Crippen LogP contribution in [0.4, 0.5) is 57.1 Å². The molecule has 12 aromatic carbocycles. The topological polar surface area (TPSA) is 97.4 Å². The highest BCUT2D eigenvalue weighted by Crippen LogP contribution is 2.53. The van der Waals surface area contributed by atoms with E-state index in [1.165, 1.54) is 128 Å². The van der Waals surface area contributed by atoms with Crippen molar-refractivity contribution in [3.05, 3.63) is 357 Å². The van der Waals surface area contributed by atoms with Crippen LogP contribution in [-0.2, 0) is 0 Å². The zero-order chi connectivity index (χ0) is 83.7. The van der Waals surface area contributed by atoms with Crippen LogP contribution in [-0.4, -0.2) is 91.0 Å². The summed E-state index contributed by atoms with van der Waals surface area (Å²) in [5, 5.41) is 9.82. The van der Waals surface area contributed by atoms with E-state index in [1.807, 2.05) is 42.9 Å². The second-order valence-electron chi connectivity index (χ2n) is 33.0. The van der Waals surface area contributed by atoms with Crippen LogP contribution in [0.5, 0.6) is 0 Å². The van der Waals surface area contributed by atoms with Crippen molar-refractivity contribution < 1.29 is 4.42 Å². The van der Waals surface area contributed by atoms with Gasteiger partial charge in [-0.25, -0.2) is 9.97 Å². The second-order valence-corrected chi connectivity index (χ2v) is 33.0. The summed E-state index contributed by atoms with van der Waals surface area (Å²) in [4.78, 5) is 32.8. The molecule has 20 aromatic rings. The second kappa shape index (κ2) is 30.0. The minimum absolute atomic E-state index is 0.143. The predicted molar refractivity (Wildman–Crippen MR) is 513 cm³/mol. The Morgan fingerprint density at radius 2 is 0.715 bits per heavy atom. The molecule has 0 saturated heterocycles. The Morgan fingerprint density at radius 3 is 1.23 bits per heavy atom. The van der Waals surface area contributed by atoms with Gasteiger partial charge in [-0.2, -0.15) is 0 Å². The van der Waals surface area contributed by atoms with Gasteiger partial charge in [-0.05, 0) is 224 Å². The van der Waals surface area contributed by atoms with Crippen molar-refractivity contribution in [2.24, 2.45) is 0 Å². The third-order valence-corrected chi connectivity index (χ3v) is 26.1. The number of hydrogen-bond donors (Lipinski definition) is 0. The van der Waals surface area contributed by atoms with Crippen molar-refractivity contribution >= 4 is 155 Å². The van der Waals surface area contributed by atoms with E-state index in [-0.39, 0.29) is 24.7 Å². The van der Waals surface area contributed by atoms with Crippen molar-refractivity contribution in [2.45, 2.75) is 80.1 Å². The first kappa shape index (κ1) is 75.4. The van der Waals surface area contributed by atoms with Crippen LogP contribution in [0.25, 0.3) is 121 Å². The van der Waals surface area contributed by atoms with Crippen LogP contribution < -0.4 is 34.3 Å². The van der Waals surface area contributed by atoms with Gasteiger partial charge in [-0.3, -0.25) is 9.55 Å². The van der Waals surface area contributed by atoms with Gasteiger partial charge in [0, 0.05) is 136 Å². The predicted octanol–water partition coefficient (Wildman–Crippen LogP) is 25.7. The lowest BCUT2D eigenvalue weighted by Gasteiger charge is -2.29. The van der Waals surface area contributed by atoms with E-state index in [0.717, 1.165) is 72.9 Å². The monoisotopic (exact) mass is 1610 g/mol. The number of pyridine rings is 3. The van der Waals surface area contributed by atoms with Gasteiger partial charge in [0.15, 0.2) is 0 Å². The molecule has 8 aromatic heterocycles. The highest BCUT2D eigenvalue weighted by Gasteiger charge is 2.39. The number of rotatable bonds is 8. The first-order chi connectivity index (χ1) is 60.1.